The van der Waals surface area contributed by atoms with Crippen molar-refractivity contribution in [3.8, 4) is 0 Å². The van der Waals surface area contributed by atoms with Crippen LogP contribution in [0.15, 0.2) is 17.5 Å². The molecule has 1 aromatic heterocycles. The van der Waals surface area contributed by atoms with Crippen molar-refractivity contribution in [1.82, 2.24) is 10.2 Å². The van der Waals surface area contributed by atoms with Crippen LogP contribution < -0.4 is 5.32 Å². The molecular formula is C16H28N2S. The maximum atomic E-state index is 3.71. The first-order valence-corrected chi connectivity index (χ1v) is 8.51. The van der Waals surface area contributed by atoms with Crippen LogP contribution >= 0.6 is 11.3 Å². The lowest BCUT2D eigenvalue weighted by atomic mass is 9.86. The van der Waals surface area contributed by atoms with Gasteiger partial charge in [-0.2, -0.15) is 0 Å². The molecule has 1 aliphatic carbocycles. The van der Waals surface area contributed by atoms with Crippen LogP contribution in [0, 0.1) is 5.41 Å². The molecule has 0 bridgehead atoms. The third-order valence-electron chi connectivity index (χ3n) is 4.26. The molecule has 0 radical (unpaired) electrons. The molecule has 0 aliphatic heterocycles. The SMILES string of the molecule is CCN(Cc1cccs1)CC(C)(CC)CNC1CC1. The number of hydrogen-bond acceptors (Lipinski definition) is 3. The minimum absolute atomic E-state index is 0.399. The second kappa shape index (κ2) is 6.87. The minimum atomic E-state index is 0.399. The van der Waals surface area contributed by atoms with E-state index >= 15 is 0 Å². The summed E-state index contributed by atoms with van der Waals surface area (Å²) >= 11 is 1.87. The first-order chi connectivity index (χ1) is 9.15. The molecule has 108 valence electrons. The van der Waals surface area contributed by atoms with Crippen molar-refractivity contribution in [3.63, 3.8) is 0 Å². The Morgan fingerprint density at radius 2 is 2.21 bits per heavy atom. The zero-order valence-corrected chi connectivity index (χ0v) is 13.4. The summed E-state index contributed by atoms with van der Waals surface area (Å²) in [5.41, 5.74) is 0.399. The Balaban J connectivity index is 1.85. The van der Waals surface area contributed by atoms with E-state index in [1.807, 2.05) is 11.3 Å². The van der Waals surface area contributed by atoms with Crippen LogP contribution in [-0.4, -0.2) is 30.6 Å². The molecule has 3 heteroatoms. The molecule has 2 nitrogen and oxygen atoms in total. The monoisotopic (exact) mass is 280 g/mol. The average Bonchev–Trinajstić information content (AvgIpc) is 3.12. The average molecular weight is 280 g/mol. The van der Waals surface area contributed by atoms with Gasteiger partial charge in [0.25, 0.3) is 0 Å². The fourth-order valence-corrected chi connectivity index (χ4v) is 3.16. The van der Waals surface area contributed by atoms with Crippen LogP contribution in [0.25, 0.3) is 0 Å². The Kier molecular flexibility index (Phi) is 5.43. The van der Waals surface area contributed by atoms with E-state index in [0.717, 1.165) is 25.7 Å². The van der Waals surface area contributed by atoms with Crippen molar-refractivity contribution in [2.45, 2.75) is 52.6 Å². The molecule has 1 fully saturated rings. The van der Waals surface area contributed by atoms with Gasteiger partial charge >= 0.3 is 0 Å². The van der Waals surface area contributed by atoms with Gasteiger partial charge in [0.15, 0.2) is 0 Å². The summed E-state index contributed by atoms with van der Waals surface area (Å²) in [7, 11) is 0. The first kappa shape index (κ1) is 15.0. The number of nitrogens with zero attached hydrogens (tertiary/aromatic N) is 1. The number of rotatable bonds is 9. The maximum absolute atomic E-state index is 3.71. The van der Waals surface area contributed by atoms with Gasteiger partial charge in [-0.05, 0) is 42.7 Å². The molecule has 1 heterocycles. The molecule has 0 amide bonds. The summed E-state index contributed by atoms with van der Waals surface area (Å²) in [5.74, 6) is 0. The molecule has 1 N–H and O–H groups in total. The normalized spacial score (nSPS) is 18.7. The summed E-state index contributed by atoms with van der Waals surface area (Å²) in [6.45, 7) is 11.6. The predicted octanol–water partition coefficient (Wildman–Crippen LogP) is 3.74. The Morgan fingerprint density at radius 1 is 1.42 bits per heavy atom. The second-order valence-electron chi connectivity index (χ2n) is 6.20. The van der Waals surface area contributed by atoms with Crippen molar-refractivity contribution in [2.24, 2.45) is 5.41 Å². The van der Waals surface area contributed by atoms with E-state index in [0.29, 0.717) is 5.41 Å². The smallest absolute Gasteiger partial charge is 0.0328 e. The fraction of sp³-hybridized carbons (Fsp3) is 0.750. The predicted molar refractivity (Wildman–Crippen MR) is 84.7 cm³/mol. The summed E-state index contributed by atoms with van der Waals surface area (Å²) < 4.78 is 0. The van der Waals surface area contributed by atoms with Gasteiger partial charge in [-0.25, -0.2) is 0 Å². The molecule has 1 aromatic rings. The van der Waals surface area contributed by atoms with Gasteiger partial charge in [-0.1, -0.05) is 26.8 Å². The number of nitrogens with one attached hydrogen (secondary N) is 1. The van der Waals surface area contributed by atoms with E-state index in [4.69, 9.17) is 0 Å². The maximum Gasteiger partial charge on any atom is 0.0328 e. The second-order valence-corrected chi connectivity index (χ2v) is 7.23. The van der Waals surface area contributed by atoms with Gasteiger partial charge in [0, 0.05) is 30.6 Å². The van der Waals surface area contributed by atoms with Gasteiger partial charge < -0.3 is 5.32 Å². The molecule has 1 unspecified atom stereocenters. The molecule has 0 aromatic carbocycles. The molecule has 0 saturated heterocycles. The fourth-order valence-electron chi connectivity index (χ4n) is 2.41. The van der Waals surface area contributed by atoms with E-state index < -0.39 is 0 Å². The lowest BCUT2D eigenvalue weighted by molar-refractivity contribution is 0.155. The standard InChI is InChI=1S/C16H28N2S/c1-4-16(3,12-17-14-8-9-14)13-18(5-2)11-15-7-6-10-19-15/h6-7,10,14,17H,4-5,8-9,11-13H2,1-3H3. The van der Waals surface area contributed by atoms with E-state index in [1.54, 1.807) is 0 Å². The third kappa shape index (κ3) is 4.90. The lowest BCUT2D eigenvalue weighted by Gasteiger charge is -2.34. The molecule has 2 rings (SSSR count). The Hall–Kier alpha value is -0.380. The molecule has 1 saturated carbocycles. The molecular weight excluding hydrogens is 252 g/mol. The molecule has 19 heavy (non-hydrogen) atoms. The van der Waals surface area contributed by atoms with E-state index in [-0.39, 0.29) is 0 Å². The lowest BCUT2D eigenvalue weighted by Crippen LogP contribution is -2.42. The van der Waals surface area contributed by atoms with Gasteiger partial charge in [0.05, 0.1) is 0 Å². The third-order valence-corrected chi connectivity index (χ3v) is 5.12. The number of thiophene rings is 1. The van der Waals surface area contributed by atoms with Gasteiger partial charge in [0.1, 0.15) is 0 Å². The summed E-state index contributed by atoms with van der Waals surface area (Å²) in [6, 6.07) is 5.22. The topological polar surface area (TPSA) is 15.3 Å². The summed E-state index contributed by atoms with van der Waals surface area (Å²) in [5, 5.41) is 5.89. The van der Waals surface area contributed by atoms with Gasteiger partial charge in [0.2, 0.25) is 0 Å². The zero-order chi connectivity index (χ0) is 13.7. The van der Waals surface area contributed by atoms with Crippen LogP contribution in [0.4, 0.5) is 0 Å². The molecule has 1 aliphatic rings. The van der Waals surface area contributed by atoms with Gasteiger partial charge in [-0.15, -0.1) is 11.3 Å². The van der Waals surface area contributed by atoms with Gasteiger partial charge in [-0.3, -0.25) is 4.90 Å². The van der Waals surface area contributed by atoms with Crippen molar-refractivity contribution in [1.29, 1.82) is 0 Å². The van der Waals surface area contributed by atoms with Crippen LogP contribution in [0.2, 0.25) is 0 Å². The summed E-state index contributed by atoms with van der Waals surface area (Å²) in [6.07, 6.45) is 4.01. The number of hydrogen-bond donors (Lipinski definition) is 1. The van der Waals surface area contributed by atoms with Crippen molar-refractivity contribution < 1.29 is 0 Å². The highest BCUT2D eigenvalue weighted by Gasteiger charge is 2.28. The zero-order valence-electron chi connectivity index (χ0n) is 12.6. The first-order valence-electron chi connectivity index (χ1n) is 7.63. The highest BCUT2D eigenvalue weighted by atomic mass is 32.1. The Morgan fingerprint density at radius 3 is 2.74 bits per heavy atom. The van der Waals surface area contributed by atoms with Crippen LogP contribution in [0.3, 0.4) is 0 Å². The highest BCUT2D eigenvalue weighted by molar-refractivity contribution is 7.09. The van der Waals surface area contributed by atoms with Crippen LogP contribution in [-0.2, 0) is 6.54 Å². The van der Waals surface area contributed by atoms with E-state index in [1.165, 1.54) is 30.7 Å². The largest absolute Gasteiger partial charge is 0.313 e. The van der Waals surface area contributed by atoms with E-state index in [2.05, 4.69) is 48.5 Å². The minimum Gasteiger partial charge on any atom is -0.313 e. The molecule has 1 atom stereocenters. The summed E-state index contributed by atoms with van der Waals surface area (Å²) in [4.78, 5) is 4.07. The van der Waals surface area contributed by atoms with Crippen LogP contribution in [0.1, 0.15) is 44.9 Å². The van der Waals surface area contributed by atoms with Crippen molar-refractivity contribution in [3.05, 3.63) is 22.4 Å². The highest BCUT2D eigenvalue weighted by Crippen LogP contribution is 2.26. The van der Waals surface area contributed by atoms with Crippen molar-refractivity contribution >= 4 is 11.3 Å². The van der Waals surface area contributed by atoms with Crippen molar-refractivity contribution in [2.75, 3.05) is 19.6 Å². The quantitative estimate of drug-likeness (QED) is 0.741. The van der Waals surface area contributed by atoms with E-state index in [9.17, 15) is 0 Å². The Labute approximate surface area is 122 Å². The Bertz CT molecular complexity index is 359. The van der Waals surface area contributed by atoms with Crippen LogP contribution in [0.5, 0.6) is 0 Å². The molecule has 0 spiro atoms.